The molecule has 0 amide bonds. The molecular formula is C9H11IN4. The summed E-state index contributed by atoms with van der Waals surface area (Å²) < 4.78 is 5.02. The van der Waals surface area contributed by atoms with Crippen molar-refractivity contribution in [1.29, 1.82) is 0 Å². The number of nitrogens with zero attached hydrogens (tertiary/aromatic N) is 4. The van der Waals surface area contributed by atoms with Gasteiger partial charge in [0.25, 0.3) is 0 Å². The summed E-state index contributed by atoms with van der Waals surface area (Å²) in [5, 5.41) is 8.34. The number of aryl methyl sites for hydroxylation is 3. The maximum Gasteiger partial charge on any atom is 0.0623 e. The molecule has 0 saturated carbocycles. The maximum atomic E-state index is 4.22. The van der Waals surface area contributed by atoms with Gasteiger partial charge in [0.05, 0.1) is 9.77 Å². The van der Waals surface area contributed by atoms with E-state index in [2.05, 4.69) is 32.8 Å². The van der Waals surface area contributed by atoms with Crippen LogP contribution in [0.25, 0.3) is 0 Å². The van der Waals surface area contributed by atoms with E-state index in [1.807, 2.05) is 41.1 Å². The molecule has 0 bridgehead atoms. The van der Waals surface area contributed by atoms with Gasteiger partial charge in [-0.05, 0) is 28.7 Å². The summed E-state index contributed by atoms with van der Waals surface area (Å²) >= 11 is 2.26. The van der Waals surface area contributed by atoms with Gasteiger partial charge in [-0.2, -0.15) is 10.2 Å². The van der Waals surface area contributed by atoms with Gasteiger partial charge in [-0.25, -0.2) is 0 Å². The minimum Gasteiger partial charge on any atom is -0.273 e. The van der Waals surface area contributed by atoms with Gasteiger partial charge in [0.2, 0.25) is 0 Å². The zero-order valence-corrected chi connectivity index (χ0v) is 10.0. The molecule has 0 unspecified atom stereocenters. The quantitative estimate of drug-likeness (QED) is 0.805. The van der Waals surface area contributed by atoms with Crippen LogP contribution in [0.1, 0.15) is 5.69 Å². The molecule has 2 rings (SSSR count). The van der Waals surface area contributed by atoms with Crippen LogP contribution in [0.5, 0.6) is 0 Å². The summed E-state index contributed by atoms with van der Waals surface area (Å²) in [6, 6.07) is 2.04. The van der Waals surface area contributed by atoms with Crippen LogP contribution in [0.2, 0.25) is 0 Å². The van der Waals surface area contributed by atoms with Crippen molar-refractivity contribution < 1.29 is 0 Å². The zero-order valence-electron chi connectivity index (χ0n) is 7.89. The third kappa shape index (κ3) is 2.14. The second-order valence-electron chi connectivity index (χ2n) is 3.12. The van der Waals surface area contributed by atoms with Gasteiger partial charge < -0.3 is 0 Å². The third-order valence-corrected chi connectivity index (χ3v) is 2.68. The number of hydrogen-bond acceptors (Lipinski definition) is 2. The van der Waals surface area contributed by atoms with Crippen LogP contribution in [0.4, 0.5) is 0 Å². The first kappa shape index (κ1) is 9.70. The van der Waals surface area contributed by atoms with Crippen molar-refractivity contribution in [2.75, 3.05) is 0 Å². The molecule has 2 heterocycles. The Morgan fingerprint density at radius 1 is 1.43 bits per heavy atom. The average molecular weight is 302 g/mol. The monoisotopic (exact) mass is 302 g/mol. The molecule has 0 atom stereocenters. The molecule has 0 radical (unpaired) electrons. The fourth-order valence-corrected chi connectivity index (χ4v) is 1.78. The van der Waals surface area contributed by atoms with E-state index in [1.54, 1.807) is 0 Å². The number of aromatic nitrogens is 4. The van der Waals surface area contributed by atoms with E-state index >= 15 is 0 Å². The molecule has 14 heavy (non-hydrogen) atoms. The van der Waals surface area contributed by atoms with Crippen LogP contribution in [0.15, 0.2) is 24.7 Å². The summed E-state index contributed by atoms with van der Waals surface area (Å²) in [6.45, 7) is 0.905. The number of halogens is 1. The molecule has 0 aliphatic carbocycles. The van der Waals surface area contributed by atoms with Crippen molar-refractivity contribution in [2.24, 2.45) is 7.05 Å². The van der Waals surface area contributed by atoms with Gasteiger partial charge in [-0.3, -0.25) is 9.36 Å². The van der Waals surface area contributed by atoms with E-state index in [0.717, 1.165) is 13.0 Å². The number of hydrogen-bond donors (Lipinski definition) is 0. The lowest BCUT2D eigenvalue weighted by Crippen LogP contribution is -2.05. The topological polar surface area (TPSA) is 35.6 Å². The van der Waals surface area contributed by atoms with Gasteiger partial charge in [0.1, 0.15) is 0 Å². The highest BCUT2D eigenvalue weighted by atomic mass is 127. The first-order valence-electron chi connectivity index (χ1n) is 4.40. The lowest BCUT2D eigenvalue weighted by Gasteiger charge is -2.01. The van der Waals surface area contributed by atoms with Gasteiger partial charge in [0, 0.05) is 38.1 Å². The Labute approximate surface area is 96.1 Å². The van der Waals surface area contributed by atoms with Gasteiger partial charge in [0.15, 0.2) is 0 Å². The van der Waals surface area contributed by atoms with Gasteiger partial charge in [-0.15, -0.1) is 0 Å². The summed E-state index contributed by atoms with van der Waals surface area (Å²) in [5.74, 6) is 0. The van der Waals surface area contributed by atoms with Crippen molar-refractivity contribution in [2.45, 2.75) is 13.0 Å². The van der Waals surface area contributed by atoms with E-state index < -0.39 is 0 Å². The Morgan fingerprint density at radius 3 is 2.86 bits per heavy atom. The molecule has 2 aromatic rings. The van der Waals surface area contributed by atoms with Crippen LogP contribution < -0.4 is 0 Å². The van der Waals surface area contributed by atoms with E-state index in [0.29, 0.717) is 0 Å². The molecule has 0 spiro atoms. The van der Waals surface area contributed by atoms with Crippen molar-refractivity contribution in [1.82, 2.24) is 19.6 Å². The normalized spacial score (nSPS) is 10.7. The Morgan fingerprint density at radius 2 is 2.29 bits per heavy atom. The molecule has 74 valence electrons. The summed E-state index contributed by atoms with van der Waals surface area (Å²) in [4.78, 5) is 0. The second kappa shape index (κ2) is 4.12. The predicted octanol–water partition coefficient (Wildman–Crippen LogP) is 1.46. The summed E-state index contributed by atoms with van der Waals surface area (Å²) in [7, 11) is 1.96. The van der Waals surface area contributed by atoms with E-state index in [9.17, 15) is 0 Å². The van der Waals surface area contributed by atoms with E-state index in [4.69, 9.17) is 0 Å². The Hall–Kier alpha value is -0.850. The smallest absolute Gasteiger partial charge is 0.0623 e. The SMILES string of the molecule is Cn1nccc1CCn1cc(I)cn1. The van der Waals surface area contributed by atoms with Gasteiger partial charge in [-0.1, -0.05) is 0 Å². The summed E-state index contributed by atoms with van der Waals surface area (Å²) in [6.07, 6.45) is 6.69. The van der Waals surface area contributed by atoms with Crippen LogP contribution in [-0.2, 0) is 20.0 Å². The molecule has 0 fully saturated rings. The lowest BCUT2D eigenvalue weighted by atomic mass is 10.3. The average Bonchev–Trinajstić information content (AvgIpc) is 2.72. The Kier molecular flexibility index (Phi) is 2.85. The van der Waals surface area contributed by atoms with E-state index in [-0.39, 0.29) is 0 Å². The fraction of sp³-hybridized carbons (Fsp3) is 0.333. The summed E-state index contributed by atoms with van der Waals surface area (Å²) in [5.41, 5.74) is 1.23. The molecule has 4 nitrogen and oxygen atoms in total. The molecule has 0 aliphatic heterocycles. The second-order valence-corrected chi connectivity index (χ2v) is 4.36. The Balaban J connectivity index is 1.98. The standard InChI is InChI=1S/C9H11IN4/c1-13-9(2-4-11-13)3-5-14-7-8(10)6-12-14/h2,4,6-7H,3,5H2,1H3. The molecule has 5 heteroatoms. The minimum atomic E-state index is 0.905. The maximum absolute atomic E-state index is 4.22. The van der Waals surface area contributed by atoms with Crippen molar-refractivity contribution in [3.05, 3.63) is 33.9 Å². The van der Waals surface area contributed by atoms with Crippen LogP contribution in [0.3, 0.4) is 0 Å². The molecule has 0 saturated heterocycles. The van der Waals surface area contributed by atoms with E-state index in [1.165, 1.54) is 9.26 Å². The Bertz CT molecular complexity index is 418. The van der Waals surface area contributed by atoms with Crippen molar-refractivity contribution in [3.63, 3.8) is 0 Å². The zero-order chi connectivity index (χ0) is 9.97. The first-order valence-corrected chi connectivity index (χ1v) is 5.48. The van der Waals surface area contributed by atoms with Crippen LogP contribution >= 0.6 is 22.6 Å². The lowest BCUT2D eigenvalue weighted by molar-refractivity contribution is 0.586. The highest BCUT2D eigenvalue weighted by molar-refractivity contribution is 14.1. The molecule has 2 aromatic heterocycles. The predicted molar refractivity (Wildman–Crippen MR) is 61.9 cm³/mol. The van der Waals surface area contributed by atoms with Crippen LogP contribution in [-0.4, -0.2) is 19.6 Å². The number of rotatable bonds is 3. The van der Waals surface area contributed by atoms with Crippen LogP contribution in [0, 0.1) is 3.57 Å². The molecular weight excluding hydrogens is 291 g/mol. The molecule has 0 aliphatic rings. The van der Waals surface area contributed by atoms with Crippen molar-refractivity contribution in [3.8, 4) is 0 Å². The third-order valence-electron chi connectivity index (χ3n) is 2.12. The minimum absolute atomic E-state index is 0.905. The first-order chi connectivity index (χ1) is 6.75. The fourth-order valence-electron chi connectivity index (χ4n) is 1.34. The largest absolute Gasteiger partial charge is 0.273 e. The highest BCUT2D eigenvalue weighted by Crippen LogP contribution is 2.03. The molecule has 0 N–H and O–H groups in total. The van der Waals surface area contributed by atoms with Crippen molar-refractivity contribution >= 4 is 22.6 Å². The molecule has 0 aromatic carbocycles. The highest BCUT2D eigenvalue weighted by Gasteiger charge is 1.99. The van der Waals surface area contributed by atoms with Gasteiger partial charge >= 0.3 is 0 Å².